The summed E-state index contributed by atoms with van der Waals surface area (Å²) in [6.07, 6.45) is 2.84. The maximum absolute atomic E-state index is 14.9. The first-order valence-corrected chi connectivity index (χ1v) is 33.6. The van der Waals surface area contributed by atoms with Crippen LogP contribution >= 0.6 is 0 Å². The third kappa shape index (κ3) is 30.8. The average molecular weight is 1460 g/mol. The normalized spacial score (nSPS) is 22.0. The van der Waals surface area contributed by atoms with Gasteiger partial charge in [0.25, 0.3) is 0 Å². The number of hydrogen-bond acceptors (Lipinski definition) is 18. The van der Waals surface area contributed by atoms with Crippen LogP contribution in [0.5, 0.6) is 0 Å². The molecular formula is C66H103N17O16Zn. The van der Waals surface area contributed by atoms with Crippen LogP contribution in [0.2, 0.25) is 0 Å². The van der Waals surface area contributed by atoms with Gasteiger partial charge in [-0.05, 0) is 80.8 Å². The molecule has 2 heterocycles. The minimum absolute atomic E-state index is 0. The van der Waals surface area contributed by atoms with Gasteiger partial charge in [0.2, 0.25) is 70.9 Å². The van der Waals surface area contributed by atoms with E-state index in [0.717, 1.165) is 0 Å². The minimum atomic E-state index is -1.95. The Bertz CT molecular complexity index is 3070. The number of rotatable bonds is 32. The number of amides is 12. The van der Waals surface area contributed by atoms with Gasteiger partial charge in [-0.2, -0.15) is 0 Å². The van der Waals surface area contributed by atoms with E-state index in [0.29, 0.717) is 17.7 Å². The molecule has 1 fully saturated rings. The van der Waals surface area contributed by atoms with E-state index in [-0.39, 0.29) is 109 Å². The van der Waals surface area contributed by atoms with Crippen molar-refractivity contribution in [2.75, 3.05) is 13.1 Å². The number of aromatic nitrogens is 2. The Hall–Kier alpha value is -8.78. The Morgan fingerprint density at radius 3 is 1.81 bits per heavy atom. The number of nitrogens with two attached hydrogens (primary N) is 3. The van der Waals surface area contributed by atoms with Gasteiger partial charge >= 0.3 is 31.4 Å². The van der Waals surface area contributed by atoms with Crippen LogP contribution in [0.1, 0.15) is 150 Å². The van der Waals surface area contributed by atoms with Crippen molar-refractivity contribution in [2.24, 2.45) is 45.9 Å². The molecular weight excluding hydrogens is 1350 g/mol. The largest absolute Gasteiger partial charge is 2.00 e. The number of carbonyl (C=O) groups is 14. The van der Waals surface area contributed by atoms with Crippen LogP contribution in [-0.4, -0.2) is 195 Å². The molecule has 550 valence electrons. The molecule has 1 aromatic carbocycles. The van der Waals surface area contributed by atoms with Crippen molar-refractivity contribution in [1.82, 2.24) is 68.5 Å². The van der Waals surface area contributed by atoms with Crippen LogP contribution in [0.4, 0.5) is 0 Å². The van der Waals surface area contributed by atoms with Gasteiger partial charge < -0.3 is 109 Å². The molecule has 15 atom stereocenters. The molecule has 100 heavy (non-hydrogen) atoms. The maximum Gasteiger partial charge on any atom is 2.00 e. The standard InChI is InChI=1S/C66H103N17O16.Zn/c1-10-36(6)42(68)33-72-39(9)56(89)77-46(27-35(4)5)61(94)75-45(23-24-52(85)86)60(93)83-54(37(7)11-2)65(98)76-43-21-16-17-26-71-57(90)49(30-51(69)84)79-64(97)50(31-53(87)88)80-63(96)48(29-41-32-70-34-73-41)78-62(95)47(28-40-19-14-13-15-20-40)81-66(99)55(38(8)12-3)82-59(92)44(22-18-25-67)74-58(43)91;/h13-15,19-20,32,34-39,42-50,54-55H,9-12,16-18,21-31,67-68H2,1-8H3,(H2,69,84)(H,70,73)(H,71,90)(H,74,91)(H,75,94)(H,76,98)(H,77,89)(H,78,95)(H,79,97)(H,80,96)(H,81,99)(H,82,92)(H,83,93)(H,85,86)(H,87,88);/q-2;+2/t36-,37-,38-,39-,42?,43?,44+,45?,46?,47+,48-,49-,50+,54?,55?;/m0./s1. The van der Waals surface area contributed by atoms with E-state index < -0.39 is 193 Å². The third-order valence-electron chi connectivity index (χ3n) is 16.9. The molecule has 20 N–H and O–H groups in total. The molecule has 2 aromatic rings. The Kier molecular flexibility index (Phi) is 39.4. The summed E-state index contributed by atoms with van der Waals surface area (Å²) in [6.45, 7) is 17.6. The second-order valence-corrected chi connectivity index (χ2v) is 25.4. The van der Waals surface area contributed by atoms with Gasteiger partial charge in [0, 0.05) is 37.7 Å². The minimum Gasteiger partial charge on any atom is -0.519 e. The molecule has 6 unspecified atom stereocenters. The van der Waals surface area contributed by atoms with E-state index in [1.54, 1.807) is 71.9 Å². The maximum atomic E-state index is 14.9. The number of nitrogens with one attached hydrogen (secondary N) is 12. The summed E-state index contributed by atoms with van der Waals surface area (Å²) in [4.78, 5) is 205. The summed E-state index contributed by atoms with van der Waals surface area (Å²) in [7, 11) is 0. The number of imidazole rings is 1. The van der Waals surface area contributed by atoms with Crippen LogP contribution in [0.3, 0.4) is 0 Å². The molecule has 33 nitrogen and oxygen atoms in total. The summed E-state index contributed by atoms with van der Waals surface area (Å²) in [5.41, 5.74) is 18.4. The van der Waals surface area contributed by atoms with Gasteiger partial charge in [-0.1, -0.05) is 111 Å². The van der Waals surface area contributed by atoms with Gasteiger partial charge in [0.05, 0.1) is 19.2 Å². The van der Waals surface area contributed by atoms with Gasteiger partial charge in [-0.15, -0.1) is 6.04 Å². The van der Waals surface area contributed by atoms with E-state index in [4.69, 9.17) is 17.2 Å². The van der Waals surface area contributed by atoms with E-state index in [2.05, 4.69) is 86.6 Å². The number of benzene rings is 1. The molecule has 1 saturated heterocycles. The zero-order valence-corrected chi connectivity index (χ0v) is 61.4. The molecule has 12 amide bonds. The second kappa shape index (κ2) is 45.1. The van der Waals surface area contributed by atoms with Crippen LogP contribution in [0, 0.1) is 30.6 Å². The molecule has 1 aliphatic rings. The zero-order valence-electron chi connectivity index (χ0n) is 58.5. The molecule has 0 aliphatic carbocycles. The first kappa shape index (κ1) is 87.3. The fraction of sp³-hybridized carbons (Fsp3) is 0.621. The third-order valence-corrected chi connectivity index (χ3v) is 16.9. The number of carboxylic acids is 2. The quantitative estimate of drug-likeness (QED) is 0.0213. The van der Waals surface area contributed by atoms with Crippen molar-refractivity contribution in [2.45, 2.75) is 224 Å². The van der Waals surface area contributed by atoms with Gasteiger partial charge in [-0.25, -0.2) is 4.98 Å². The monoisotopic (exact) mass is 1450 g/mol. The SMILES string of the molecule is [CH2-][C@H](N=[C-]C(N)[C@@H](C)CC)C(=O)NC(CC(C)C)C(=O)NC(CCC(=O)O)C(=O)NC(C(=O)NC1CCCCNC(=O)[C@H](CC(N)=O)NC(=O)[C@@H](CC(=O)O)NC(=O)[C@H](Cc2cnc[nH]2)NC(=O)[C@@H](Cc2ccccc2)NC(=O)C([C@@H](C)CC)NC(=O)[C@@H](CCCN)NC1=O)[C@@H](C)CC.[Zn+2]. The molecule has 0 saturated carbocycles. The van der Waals surface area contributed by atoms with Crippen molar-refractivity contribution < 1.29 is 96.8 Å². The molecule has 34 heteroatoms. The summed E-state index contributed by atoms with van der Waals surface area (Å²) in [5.74, 6) is -16.2. The number of aliphatic carboxylic acids is 2. The topological polar surface area (TPSA) is 531 Å². The summed E-state index contributed by atoms with van der Waals surface area (Å²) in [5, 5.41) is 48.1. The second-order valence-electron chi connectivity index (χ2n) is 25.4. The average Bonchev–Trinajstić information content (AvgIpc) is 0.973. The van der Waals surface area contributed by atoms with Crippen LogP contribution in [0.15, 0.2) is 47.8 Å². The Labute approximate surface area is 595 Å². The van der Waals surface area contributed by atoms with Crippen LogP contribution in [-0.2, 0) is 99.4 Å². The molecule has 1 aliphatic heterocycles. The number of carboxylic acid groups (broad SMARTS) is 2. The van der Waals surface area contributed by atoms with Crippen molar-refractivity contribution in [3.8, 4) is 0 Å². The van der Waals surface area contributed by atoms with Crippen LogP contribution < -0.4 is 75.7 Å². The predicted octanol–water partition coefficient (Wildman–Crippen LogP) is -2.04. The predicted molar refractivity (Wildman–Crippen MR) is 362 cm³/mol. The number of H-pyrrole nitrogens is 1. The summed E-state index contributed by atoms with van der Waals surface area (Å²) >= 11 is 0. The first-order valence-electron chi connectivity index (χ1n) is 33.6. The fourth-order valence-electron chi connectivity index (χ4n) is 10.3. The Morgan fingerprint density at radius 1 is 0.670 bits per heavy atom. The van der Waals surface area contributed by atoms with Crippen LogP contribution in [0.25, 0.3) is 0 Å². The number of carbonyl (C=O) groups excluding carboxylic acids is 12. The fourth-order valence-corrected chi connectivity index (χ4v) is 10.3. The number of aromatic amines is 1. The molecule has 1 aromatic heterocycles. The summed E-state index contributed by atoms with van der Waals surface area (Å²) in [6, 6.07) is -9.12. The number of hydrogen-bond donors (Lipinski definition) is 17. The zero-order chi connectivity index (χ0) is 74.1. The van der Waals surface area contributed by atoms with Gasteiger partial charge in [0.1, 0.15) is 60.4 Å². The number of nitrogens with zero attached hydrogens (tertiary/aromatic N) is 2. The van der Waals surface area contributed by atoms with E-state index in [1.807, 2.05) is 13.8 Å². The van der Waals surface area contributed by atoms with Crippen molar-refractivity contribution in [1.29, 1.82) is 0 Å². The van der Waals surface area contributed by atoms with E-state index in [1.165, 1.54) is 12.5 Å². The smallest absolute Gasteiger partial charge is 0.519 e. The Balaban J connectivity index is 0.0000340. The Morgan fingerprint density at radius 2 is 1.24 bits per heavy atom. The van der Waals surface area contributed by atoms with Crippen molar-refractivity contribution in [3.05, 3.63) is 61.0 Å². The molecule has 0 spiro atoms. The summed E-state index contributed by atoms with van der Waals surface area (Å²) < 4.78 is 0. The molecule has 0 bridgehead atoms. The molecule has 3 rings (SSSR count). The van der Waals surface area contributed by atoms with Gasteiger partial charge in [-0.3, -0.25) is 67.1 Å². The molecule has 0 radical (unpaired) electrons. The van der Waals surface area contributed by atoms with E-state index >= 15 is 0 Å². The van der Waals surface area contributed by atoms with Crippen molar-refractivity contribution in [3.63, 3.8) is 0 Å². The number of primary amides is 1. The number of aliphatic imine (C=N–C) groups is 1. The van der Waals surface area contributed by atoms with Gasteiger partial charge in [0.15, 0.2) is 0 Å². The first-order chi connectivity index (χ1) is 46.8. The van der Waals surface area contributed by atoms with Crippen molar-refractivity contribution >= 4 is 89.0 Å². The van der Waals surface area contributed by atoms with E-state index in [9.17, 15) is 77.3 Å².